The number of terminal acetylenes is 1. The predicted molar refractivity (Wildman–Crippen MR) is 35.5 cm³/mol. The highest BCUT2D eigenvalue weighted by molar-refractivity contribution is 5.81. The van der Waals surface area contributed by atoms with Gasteiger partial charge >= 0.3 is 0 Å². The van der Waals surface area contributed by atoms with Gasteiger partial charge in [-0.3, -0.25) is 4.79 Å². The first kappa shape index (κ1) is 7.99. The maximum Gasteiger partial charge on any atom is 0.237 e. The molecule has 0 aliphatic rings. The SMILES string of the molecule is C#CCNC(=O)C(C)N. The number of carbonyl (C=O) groups excluding carboxylic acids is 1. The van der Waals surface area contributed by atoms with Gasteiger partial charge in [-0.15, -0.1) is 6.42 Å². The maximum atomic E-state index is 10.6. The second-order valence-corrected chi connectivity index (χ2v) is 1.71. The molecular formula is C6H10N2O. The van der Waals surface area contributed by atoms with Crippen LogP contribution in [-0.2, 0) is 4.79 Å². The Morgan fingerprint density at radius 1 is 2.00 bits per heavy atom. The van der Waals surface area contributed by atoms with Gasteiger partial charge in [-0.1, -0.05) is 5.92 Å². The van der Waals surface area contributed by atoms with Crippen molar-refractivity contribution in [2.75, 3.05) is 6.54 Å². The van der Waals surface area contributed by atoms with Gasteiger partial charge in [0.1, 0.15) is 0 Å². The van der Waals surface area contributed by atoms with Crippen LogP contribution in [0, 0.1) is 12.3 Å². The highest BCUT2D eigenvalue weighted by Gasteiger charge is 2.03. The van der Waals surface area contributed by atoms with E-state index in [2.05, 4.69) is 11.2 Å². The van der Waals surface area contributed by atoms with E-state index in [1.54, 1.807) is 6.92 Å². The Balaban J connectivity index is 3.42. The first-order valence-electron chi connectivity index (χ1n) is 2.65. The number of nitrogens with one attached hydrogen (secondary N) is 1. The summed E-state index contributed by atoms with van der Waals surface area (Å²) in [5.41, 5.74) is 5.20. The Morgan fingerprint density at radius 3 is 2.89 bits per heavy atom. The van der Waals surface area contributed by atoms with Crippen LogP contribution in [0.2, 0.25) is 0 Å². The predicted octanol–water partition coefficient (Wildman–Crippen LogP) is -0.917. The summed E-state index contributed by atoms with van der Waals surface area (Å²) in [6, 6.07) is -0.474. The second-order valence-electron chi connectivity index (χ2n) is 1.71. The minimum atomic E-state index is -0.474. The fourth-order valence-corrected chi connectivity index (χ4v) is 0.299. The van der Waals surface area contributed by atoms with Crippen LogP contribution in [0.15, 0.2) is 0 Å². The van der Waals surface area contributed by atoms with Crippen molar-refractivity contribution in [2.24, 2.45) is 5.73 Å². The standard InChI is InChI=1S/C6H10N2O/c1-3-4-8-6(9)5(2)7/h1,5H,4,7H2,2H3,(H,8,9). The van der Waals surface area contributed by atoms with Gasteiger partial charge in [0.2, 0.25) is 5.91 Å². The van der Waals surface area contributed by atoms with E-state index in [4.69, 9.17) is 12.2 Å². The van der Waals surface area contributed by atoms with Crippen LogP contribution in [0.25, 0.3) is 0 Å². The molecule has 0 aromatic rings. The van der Waals surface area contributed by atoms with Crippen molar-refractivity contribution in [1.29, 1.82) is 0 Å². The van der Waals surface area contributed by atoms with E-state index in [1.807, 2.05) is 0 Å². The van der Waals surface area contributed by atoms with Gasteiger partial charge in [0, 0.05) is 0 Å². The monoisotopic (exact) mass is 126 g/mol. The summed E-state index contributed by atoms with van der Waals surface area (Å²) in [5.74, 6) is 2.05. The number of hydrogen-bond acceptors (Lipinski definition) is 2. The minimum Gasteiger partial charge on any atom is -0.344 e. The molecule has 1 amide bonds. The Labute approximate surface area is 54.6 Å². The van der Waals surface area contributed by atoms with Crippen LogP contribution < -0.4 is 11.1 Å². The van der Waals surface area contributed by atoms with Gasteiger partial charge in [-0.25, -0.2) is 0 Å². The van der Waals surface area contributed by atoms with Gasteiger partial charge in [-0.2, -0.15) is 0 Å². The highest BCUT2D eigenvalue weighted by Crippen LogP contribution is 1.71. The summed E-state index contributed by atoms with van der Waals surface area (Å²) in [6.45, 7) is 1.85. The van der Waals surface area contributed by atoms with Crippen molar-refractivity contribution in [3.05, 3.63) is 0 Å². The van der Waals surface area contributed by atoms with Crippen molar-refractivity contribution in [2.45, 2.75) is 13.0 Å². The summed E-state index contributed by atoms with van der Waals surface area (Å²) in [4.78, 5) is 10.6. The minimum absolute atomic E-state index is 0.215. The molecule has 0 spiro atoms. The molecular weight excluding hydrogens is 116 g/mol. The number of amides is 1. The lowest BCUT2D eigenvalue weighted by molar-refractivity contribution is -0.121. The summed E-state index contributed by atoms with van der Waals surface area (Å²) >= 11 is 0. The second kappa shape index (κ2) is 3.93. The van der Waals surface area contributed by atoms with Gasteiger partial charge in [0.15, 0.2) is 0 Å². The molecule has 3 heteroatoms. The number of hydrogen-bond donors (Lipinski definition) is 2. The van der Waals surface area contributed by atoms with E-state index >= 15 is 0 Å². The summed E-state index contributed by atoms with van der Waals surface area (Å²) in [7, 11) is 0. The fraction of sp³-hybridized carbons (Fsp3) is 0.500. The third kappa shape index (κ3) is 3.56. The first-order valence-corrected chi connectivity index (χ1v) is 2.65. The summed E-state index contributed by atoms with van der Waals surface area (Å²) in [6.07, 6.45) is 4.87. The molecule has 0 fully saturated rings. The third-order valence-corrected chi connectivity index (χ3v) is 0.778. The molecule has 0 aliphatic carbocycles. The average Bonchev–Trinajstić information content (AvgIpc) is 1.82. The van der Waals surface area contributed by atoms with Gasteiger partial charge < -0.3 is 11.1 Å². The van der Waals surface area contributed by atoms with Crippen molar-refractivity contribution in [1.82, 2.24) is 5.32 Å². The number of rotatable bonds is 2. The Kier molecular flexibility index (Phi) is 3.49. The van der Waals surface area contributed by atoms with Crippen LogP contribution in [0.3, 0.4) is 0 Å². The zero-order valence-electron chi connectivity index (χ0n) is 5.35. The van der Waals surface area contributed by atoms with E-state index < -0.39 is 6.04 Å². The normalized spacial score (nSPS) is 11.7. The molecule has 3 nitrogen and oxygen atoms in total. The zero-order valence-corrected chi connectivity index (χ0v) is 5.35. The van der Waals surface area contributed by atoms with Gasteiger partial charge in [-0.05, 0) is 6.92 Å². The largest absolute Gasteiger partial charge is 0.344 e. The summed E-state index contributed by atoms with van der Waals surface area (Å²) in [5, 5.41) is 2.43. The molecule has 0 aromatic heterocycles. The lowest BCUT2D eigenvalue weighted by Crippen LogP contribution is -2.38. The molecule has 0 heterocycles. The fourth-order valence-electron chi connectivity index (χ4n) is 0.299. The first-order chi connectivity index (χ1) is 4.18. The molecule has 9 heavy (non-hydrogen) atoms. The number of carbonyl (C=O) groups is 1. The summed E-state index contributed by atoms with van der Waals surface area (Å²) < 4.78 is 0. The lowest BCUT2D eigenvalue weighted by Gasteiger charge is -2.02. The maximum absolute atomic E-state index is 10.6. The van der Waals surface area contributed by atoms with Gasteiger partial charge in [0.25, 0.3) is 0 Å². The van der Waals surface area contributed by atoms with Crippen molar-refractivity contribution in [3.8, 4) is 12.3 Å². The molecule has 50 valence electrons. The van der Waals surface area contributed by atoms with Crippen molar-refractivity contribution in [3.63, 3.8) is 0 Å². The van der Waals surface area contributed by atoms with E-state index in [0.717, 1.165) is 0 Å². The average molecular weight is 126 g/mol. The smallest absolute Gasteiger partial charge is 0.237 e. The molecule has 0 saturated heterocycles. The Hall–Kier alpha value is -1.01. The molecule has 3 N–H and O–H groups in total. The molecule has 1 unspecified atom stereocenters. The van der Waals surface area contributed by atoms with Crippen LogP contribution in [0.1, 0.15) is 6.92 Å². The van der Waals surface area contributed by atoms with Crippen LogP contribution in [-0.4, -0.2) is 18.5 Å². The van der Waals surface area contributed by atoms with E-state index in [0.29, 0.717) is 0 Å². The number of nitrogens with two attached hydrogens (primary N) is 1. The van der Waals surface area contributed by atoms with Crippen LogP contribution >= 0.6 is 0 Å². The zero-order chi connectivity index (χ0) is 7.28. The molecule has 0 saturated carbocycles. The molecule has 1 atom stereocenters. The molecule has 0 rings (SSSR count). The van der Waals surface area contributed by atoms with Crippen molar-refractivity contribution < 1.29 is 4.79 Å². The van der Waals surface area contributed by atoms with Crippen molar-refractivity contribution >= 4 is 5.91 Å². The molecule has 0 aliphatic heterocycles. The lowest BCUT2D eigenvalue weighted by atomic mass is 10.3. The quantitative estimate of drug-likeness (QED) is 0.470. The Morgan fingerprint density at radius 2 is 2.56 bits per heavy atom. The molecule has 0 bridgehead atoms. The van der Waals surface area contributed by atoms with E-state index in [1.165, 1.54) is 0 Å². The highest BCUT2D eigenvalue weighted by atomic mass is 16.2. The van der Waals surface area contributed by atoms with E-state index in [9.17, 15) is 4.79 Å². The van der Waals surface area contributed by atoms with Crippen LogP contribution in [0.4, 0.5) is 0 Å². The Bertz CT molecular complexity index is 134. The van der Waals surface area contributed by atoms with E-state index in [-0.39, 0.29) is 12.5 Å². The molecule has 0 radical (unpaired) electrons. The third-order valence-electron chi connectivity index (χ3n) is 0.778. The van der Waals surface area contributed by atoms with Gasteiger partial charge in [0.05, 0.1) is 12.6 Å². The topological polar surface area (TPSA) is 55.1 Å². The molecule has 0 aromatic carbocycles. The van der Waals surface area contributed by atoms with Crippen LogP contribution in [0.5, 0.6) is 0 Å².